The Labute approximate surface area is 140 Å². The zero-order chi connectivity index (χ0) is 16.9. The van der Waals surface area contributed by atoms with Gasteiger partial charge in [-0.05, 0) is 35.2 Å². The van der Waals surface area contributed by atoms with Crippen LogP contribution < -0.4 is 5.43 Å². The third-order valence-electron chi connectivity index (χ3n) is 3.13. The zero-order valence-electron chi connectivity index (χ0n) is 12.3. The summed E-state index contributed by atoms with van der Waals surface area (Å²) in [4.78, 5) is 23.7. The minimum Gasteiger partial charge on any atom is -0.478 e. The number of benzene rings is 1. The SMILES string of the molecule is O=C(O)c1ccc(/C=N/NC(=O)c2cc(-c3cccs3)[nH]n2)cc1. The number of thiophene rings is 1. The maximum absolute atomic E-state index is 12.0. The molecule has 0 saturated heterocycles. The minimum absolute atomic E-state index is 0.189. The molecule has 0 saturated carbocycles. The van der Waals surface area contributed by atoms with Gasteiger partial charge < -0.3 is 5.11 Å². The molecular formula is C16H12N4O3S. The van der Waals surface area contributed by atoms with Crippen LogP contribution in [0.1, 0.15) is 26.4 Å². The number of hydrogen-bond donors (Lipinski definition) is 3. The van der Waals surface area contributed by atoms with Crippen LogP contribution in [-0.4, -0.2) is 33.4 Å². The molecule has 8 heteroatoms. The van der Waals surface area contributed by atoms with Gasteiger partial charge in [-0.15, -0.1) is 11.3 Å². The van der Waals surface area contributed by atoms with Crippen LogP contribution in [0.2, 0.25) is 0 Å². The second-order valence-corrected chi connectivity index (χ2v) is 5.72. The Morgan fingerprint density at radius 3 is 2.71 bits per heavy atom. The topological polar surface area (TPSA) is 107 Å². The lowest BCUT2D eigenvalue weighted by atomic mass is 10.1. The highest BCUT2D eigenvalue weighted by molar-refractivity contribution is 7.13. The summed E-state index contributed by atoms with van der Waals surface area (Å²) in [5, 5.41) is 21.4. The highest BCUT2D eigenvalue weighted by atomic mass is 32.1. The number of carbonyl (C=O) groups is 2. The van der Waals surface area contributed by atoms with Crippen molar-refractivity contribution in [2.24, 2.45) is 5.10 Å². The van der Waals surface area contributed by atoms with E-state index in [-0.39, 0.29) is 11.3 Å². The summed E-state index contributed by atoms with van der Waals surface area (Å²) >= 11 is 1.54. The summed E-state index contributed by atoms with van der Waals surface area (Å²) in [5.74, 6) is -1.43. The Morgan fingerprint density at radius 1 is 1.25 bits per heavy atom. The van der Waals surface area contributed by atoms with Crippen molar-refractivity contribution in [3.8, 4) is 10.6 Å². The molecule has 0 spiro atoms. The molecule has 1 aromatic carbocycles. The normalized spacial score (nSPS) is 10.8. The van der Waals surface area contributed by atoms with E-state index in [0.717, 1.165) is 10.6 Å². The first kappa shape index (κ1) is 15.6. The average Bonchev–Trinajstić information content (AvgIpc) is 3.26. The molecule has 0 atom stereocenters. The van der Waals surface area contributed by atoms with E-state index in [9.17, 15) is 9.59 Å². The van der Waals surface area contributed by atoms with Crippen LogP contribution in [-0.2, 0) is 0 Å². The highest BCUT2D eigenvalue weighted by Gasteiger charge is 2.11. The average molecular weight is 340 g/mol. The molecule has 0 radical (unpaired) electrons. The predicted octanol–water partition coefficient (Wildman–Crippen LogP) is 2.60. The van der Waals surface area contributed by atoms with E-state index in [0.29, 0.717) is 5.56 Å². The molecule has 2 heterocycles. The van der Waals surface area contributed by atoms with Gasteiger partial charge in [-0.25, -0.2) is 10.2 Å². The van der Waals surface area contributed by atoms with Crippen LogP contribution >= 0.6 is 11.3 Å². The number of carbonyl (C=O) groups excluding carboxylic acids is 1. The number of nitrogens with one attached hydrogen (secondary N) is 2. The number of aromatic nitrogens is 2. The quantitative estimate of drug-likeness (QED) is 0.490. The molecule has 1 amide bonds. The van der Waals surface area contributed by atoms with Gasteiger partial charge in [-0.1, -0.05) is 18.2 Å². The summed E-state index contributed by atoms with van der Waals surface area (Å²) in [7, 11) is 0. The first-order valence-corrected chi connectivity index (χ1v) is 7.77. The monoisotopic (exact) mass is 340 g/mol. The van der Waals surface area contributed by atoms with E-state index in [1.54, 1.807) is 29.5 Å². The van der Waals surface area contributed by atoms with Crippen molar-refractivity contribution in [1.29, 1.82) is 0 Å². The summed E-state index contributed by atoms with van der Waals surface area (Å²) in [6.07, 6.45) is 1.43. The van der Waals surface area contributed by atoms with E-state index in [1.165, 1.54) is 18.3 Å². The van der Waals surface area contributed by atoms with Crippen LogP contribution in [0.15, 0.2) is 52.9 Å². The molecule has 120 valence electrons. The van der Waals surface area contributed by atoms with Crippen molar-refractivity contribution in [2.45, 2.75) is 0 Å². The third kappa shape index (κ3) is 3.55. The fourth-order valence-electron chi connectivity index (χ4n) is 1.93. The van der Waals surface area contributed by atoms with Gasteiger partial charge in [0, 0.05) is 0 Å². The molecule has 7 nitrogen and oxygen atoms in total. The summed E-state index contributed by atoms with van der Waals surface area (Å²) in [6, 6.07) is 11.6. The van der Waals surface area contributed by atoms with Crippen LogP contribution in [0.5, 0.6) is 0 Å². The first-order chi connectivity index (χ1) is 11.6. The molecule has 0 unspecified atom stereocenters. The minimum atomic E-state index is -0.994. The molecule has 0 aliphatic rings. The Hall–Kier alpha value is -3.26. The van der Waals surface area contributed by atoms with Crippen LogP contribution in [0, 0.1) is 0 Å². The number of carboxylic acids is 1. The highest BCUT2D eigenvalue weighted by Crippen LogP contribution is 2.22. The third-order valence-corrected chi connectivity index (χ3v) is 4.04. The van der Waals surface area contributed by atoms with E-state index in [1.807, 2.05) is 17.5 Å². The number of rotatable bonds is 5. The van der Waals surface area contributed by atoms with Crippen LogP contribution in [0.25, 0.3) is 10.6 Å². The van der Waals surface area contributed by atoms with E-state index < -0.39 is 11.9 Å². The number of aromatic amines is 1. The van der Waals surface area contributed by atoms with E-state index >= 15 is 0 Å². The van der Waals surface area contributed by atoms with Gasteiger partial charge in [0.1, 0.15) is 0 Å². The number of aromatic carboxylic acids is 1. The number of nitrogens with zero attached hydrogens (tertiary/aromatic N) is 2. The predicted molar refractivity (Wildman–Crippen MR) is 90.4 cm³/mol. The molecule has 0 aliphatic carbocycles. The fourth-order valence-corrected chi connectivity index (χ4v) is 2.62. The van der Waals surface area contributed by atoms with Gasteiger partial charge in [0.05, 0.1) is 22.3 Å². The maximum atomic E-state index is 12.0. The number of hydrazone groups is 1. The van der Waals surface area contributed by atoms with E-state index in [2.05, 4.69) is 20.7 Å². The lowest BCUT2D eigenvalue weighted by Gasteiger charge is -1.97. The molecule has 3 rings (SSSR count). The van der Waals surface area contributed by atoms with E-state index in [4.69, 9.17) is 5.11 Å². The molecule has 3 N–H and O–H groups in total. The van der Waals surface area contributed by atoms with Gasteiger partial charge in [0.25, 0.3) is 5.91 Å². The van der Waals surface area contributed by atoms with Crippen molar-refractivity contribution >= 4 is 29.4 Å². The second-order valence-electron chi connectivity index (χ2n) is 4.77. The van der Waals surface area contributed by atoms with Gasteiger partial charge in [-0.3, -0.25) is 9.89 Å². The van der Waals surface area contributed by atoms with Gasteiger partial charge in [0.15, 0.2) is 5.69 Å². The number of hydrogen-bond acceptors (Lipinski definition) is 5. The standard InChI is InChI=1S/C16H12N4O3S/c21-15(13-8-12(18-19-13)14-2-1-7-24-14)20-17-9-10-3-5-11(6-4-10)16(22)23/h1-9H,(H,18,19)(H,20,21)(H,22,23)/b17-9+. The van der Waals surface area contributed by atoms with Gasteiger partial charge >= 0.3 is 5.97 Å². The van der Waals surface area contributed by atoms with Crippen molar-refractivity contribution in [1.82, 2.24) is 15.6 Å². The molecule has 0 bridgehead atoms. The molecule has 3 aromatic rings. The Kier molecular flexibility index (Phi) is 4.48. The summed E-state index contributed by atoms with van der Waals surface area (Å²) < 4.78 is 0. The summed E-state index contributed by atoms with van der Waals surface area (Å²) in [5.41, 5.74) is 4.24. The molecule has 2 aromatic heterocycles. The van der Waals surface area contributed by atoms with Gasteiger partial charge in [-0.2, -0.15) is 10.2 Å². The largest absolute Gasteiger partial charge is 0.478 e. The number of H-pyrrole nitrogens is 1. The van der Waals surface area contributed by atoms with Crippen LogP contribution in [0.3, 0.4) is 0 Å². The van der Waals surface area contributed by atoms with Crippen molar-refractivity contribution in [3.63, 3.8) is 0 Å². The van der Waals surface area contributed by atoms with Crippen molar-refractivity contribution < 1.29 is 14.7 Å². The Bertz CT molecular complexity index is 882. The zero-order valence-corrected chi connectivity index (χ0v) is 13.1. The Morgan fingerprint density at radius 2 is 2.04 bits per heavy atom. The Balaban J connectivity index is 1.62. The maximum Gasteiger partial charge on any atom is 0.335 e. The lowest BCUT2D eigenvalue weighted by molar-refractivity contribution is 0.0696. The molecular weight excluding hydrogens is 328 g/mol. The van der Waals surface area contributed by atoms with Gasteiger partial charge in [0.2, 0.25) is 0 Å². The lowest BCUT2D eigenvalue weighted by Crippen LogP contribution is -2.18. The number of carboxylic acid groups (broad SMARTS) is 1. The van der Waals surface area contributed by atoms with Crippen LogP contribution in [0.4, 0.5) is 0 Å². The molecule has 0 fully saturated rings. The molecule has 24 heavy (non-hydrogen) atoms. The van der Waals surface area contributed by atoms with Crippen molar-refractivity contribution in [3.05, 3.63) is 64.7 Å². The second kappa shape index (κ2) is 6.88. The first-order valence-electron chi connectivity index (χ1n) is 6.89. The summed E-state index contributed by atoms with van der Waals surface area (Å²) in [6.45, 7) is 0. The number of amides is 1. The van der Waals surface area contributed by atoms with Crippen molar-refractivity contribution in [2.75, 3.05) is 0 Å². The smallest absolute Gasteiger partial charge is 0.335 e. The fraction of sp³-hybridized carbons (Fsp3) is 0. The molecule has 0 aliphatic heterocycles.